The summed E-state index contributed by atoms with van der Waals surface area (Å²) in [4.78, 5) is 11.9. The maximum Gasteiger partial charge on any atom is 0.319 e. The minimum Gasteiger partial charge on any atom is -0.338 e. The lowest BCUT2D eigenvalue weighted by atomic mass is 9.89. The second kappa shape index (κ2) is 7.17. The third-order valence-corrected chi connectivity index (χ3v) is 3.92. The van der Waals surface area contributed by atoms with Crippen LogP contribution in [0.4, 0.5) is 10.5 Å². The molecule has 0 unspecified atom stereocenters. The van der Waals surface area contributed by atoms with Crippen LogP contribution in [0.3, 0.4) is 0 Å². The number of rotatable bonds is 4. The summed E-state index contributed by atoms with van der Waals surface area (Å²) in [5.41, 5.74) is 2.10. The zero-order chi connectivity index (χ0) is 13.5. The highest BCUT2D eigenvalue weighted by molar-refractivity contribution is 5.90. The van der Waals surface area contributed by atoms with Crippen molar-refractivity contribution >= 4 is 11.7 Å². The molecule has 1 fully saturated rings. The summed E-state index contributed by atoms with van der Waals surface area (Å²) < 4.78 is 0. The lowest BCUT2D eigenvalue weighted by Crippen LogP contribution is -2.33. The Morgan fingerprint density at radius 1 is 1.21 bits per heavy atom. The molecule has 0 spiro atoms. The van der Waals surface area contributed by atoms with Crippen LogP contribution < -0.4 is 10.6 Å². The molecule has 1 saturated carbocycles. The first-order valence-electron chi connectivity index (χ1n) is 7.42. The standard InChI is InChI=1S/C16H24N2O/c1-2-14-10-6-7-11-15(14)18-16(19)17-12-13-8-4-3-5-9-13/h6-7,10-11,13H,2-5,8-9,12H2,1H3,(H2,17,18,19). The van der Waals surface area contributed by atoms with Crippen molar-refractivity contribution in [3.63, 3.8) is 0 Å². The van der Waals surface area contributed by atoms with Crippen molar-refractivity contribution in [1.29, 1.82) is 0 Å². The van der Waals surface area contributed by atoms with Crippen LogP contribution in [0.2, 0.25) is 0 Å². The highest BCUT2D eigenvalue weighted by Crippen LogP contribution is 2.22. The molecule has 2 amide bonds. The van der Waals surface area contributed by atoms with E-state index < -0.39 is 0 Å². The number of hydrogen-bond donors (Lipinski definition) is 2. The van der Waals surface area contributed by atoms with Gasteiger partial charge in [0.15, 0.2) is 0 Å². The van der Waals surface area contributed by atoms with E-state index in [0.717, 1.165) is 18.7 Å². The first kappa shape index (κ1) is 13.9. The molecule has 1 aliphatic rings. The van der Waals surface area contributed by atoms with E-state index in [4.69, 9.17) is 0 Å². The Bertz CT molecular complexity index is 411. The minimum atomic E-state index is -0.0773. The monoisotopic (exact) mass is 260 g/mol. The summed E-state index contributed by atoms with van der Waals surface area (Å²) in [7, 11) is 0. The number of carbonyl (C=O) groups excluding carboxylic acids is 1. The second-order valence-electron chi connectivity index (χ2n) is 5.35. The van der Waals surface area contributed by atoms with Gasteiger partial charge in [0.05, 0.1) is 0 Å². The number of nitrogens with one attached hydrogen (secondary N) is 2. The van der Waals surface area contributed by atoms with Crippen molar-refractivity contribution in [2.45, 2.75) is 45.4 Å². The average Bonchev–Trinajstić information content (AvgIpc) is 2.47. The van der Waals surface area contributed by atoms with Gasteiger partial charge >= 0.3 is 6.03 Å². The molecule has 0 atom stereocenters. The van der Waals surface area contributed by atoms with Crippen molar-refractivity contribution in [3.05, 3.63) is 29.8 Å². The van der Waals surface area contributed by atoms with E-state index in [2.05, 4.69) is 23.6 Å². The van der Waals surface area contributed by atoms with Crippen LogP contribution in [0.1, 0.15) is 44.6 Å². The van der Waals surface area contributed by atoms with Gasteiger partial charge in [-0.25, -0.2) is 4.79 Å². The highest BCUT2D eigenvalue weighted by Gasteiger charge is 2.14. The second-order valence-corrected chi connectivity index (χ2v) is 5.35. The number of carbonyl (C=O) groups is 1. The van der Waals surface area contributed by atoms with Gasteiger partial charge in [0.1, 0.15) is 0 Å². The normalized spacial score (nSPS) is 16.1. The van der Waals surface area contributed by atoms with Gasteiger partial charge in [0, 0.05) is 12.2 Å². The molecule has 19 heavy (non-hydrogen) atoms. The van der Waals surface area contributed by atoms with Crippen molar-refractivity contribution in [1.82, 2.24) is 5.32 Å². The molecule has 1 aromatic carbocycles. The van der Waals surface area contributed by atoms with Crippen LogP contribution >= 0.6 is 0 Å². The van der Waals surface area contributed by atoms with Crippen LogP contribution in [0.25, 0.3) is 0 Å². The predicted octanol–water partition coefficient (Wildman–Crippen LogP) is 3.95. The number of aryl methyl sites for hydroxylation is 1. The Morgan fingerprint density at radius 3 is 2.68 bits per heavy atom. The van der Waals surface area contributed by atoms with Crippen LogP contribution in [0.15, 0.2) is 24.3 Å². The largest absolute Gasteiger partial charge is 0.338 e. The fourth-order valence-electron chi connectivity index (χ4n) is 2.75. The molecule has 3 heteroatoms. The van der Waals surface area contributed by atoms with Crippen LogP contribution in [-0.4, -0.2) is 12.6 Å². The van der Waals surface area contributed by atoms with Crippen molar-refractivity contribution in [2.24, 2.45) is 5.92 Å². The summed E-state index contributed by atoms with van der Waals surface area (Å²) in [5, 5.41) is 5.95. The van der Waals surface area contributed by atoms with Crippen molar-refractivity contribution in [2.75, 3.05) is 11.9 Å². The number of anilines is 1. The Labute approximate surface area is 115 Å². The lowest BCUT2D eigenvalue weighted by Gasteiger charge is -2.22. The third kappa shape index (κ3) is 4.27. The summed E-state index contributed by atoms with van der Waals surface area (Å²) in [6.45, 7) is 2.90. The molecule has 0 heterocycles. The average molecular weight is 260 g/mol. The molecule has 104 valence electrons. The zero-order valence-corrected chi connectivity index (χ0v) is 11.7. The summed E-state index contributed by atoms with van der Waals surface area (Å²) in [6.07, 6.45) is 7.42. The van der Waals surface area contributed by atoms with Gasteiger partial charge in [-0.05, 0) is 36.8 Å². The first-order chi connectivity index (χ1) is 9.29. The van der Waals surface area contributed by atoms with Crippen LogP contribution in [0.5, 0.6) is 0 Å². The first-order valence-corrected chi connectivity index (χ1v) is 7.42. The van der Waals surface area contributed by atoms with Gasteiger partial charge in [0.2, 0.25) is 0 Å². The van der Waals surface area contributed by atoms with Crippen molar-refractivity contribution in [3.8, 4) is 0 Å². The molecular formula is C16H24N2O. The fourth-order valence-corrected chi connectivity index (χ4v) is 2.75. The van der Waals surface area contributed by atoms with Gasteiger partial charge in [-0.3, -0.25) is 0 Å². The number of para-hydroxylation sites is 1. The topological polar surface area (TPSA) is 41.1 Å². The maximum absolute atomic E-state index is 11.9. The van der Waals surface area contributed by atoms with E-state index in [1.54, 1.807) is 0 Å². The molecule has 0 saturated heterocycles. The number of hydrogen-bond acceptors (Lipinski definition) is 1. The summed E-state index contributed by atoms with van der Waals surface area (Å²) in [5.74, 6) is 0.668. The Balaban J connectivity index is 1.80. The quantitative estimate of drug-likeness (QED) is 0.845. The van der Waals surface area contributed by atoms with E-state index in [0.29, 0.717) is 5.92 Å². The van der Waals surface area contributed by atoms with Gasteiger partial charge < -0.3 is 10.6 Å². The lowest BCUT2D eigenvalue weighted by molar-refractivity contribution is 0.247. The smallest absolute Gasteiger partial charge is 0.319 e. The molecule has 2 N–H and O–H groups in total. The molecule has 2 rings (SSSR count). The molecule has 3 nitrogen and oxygen atoms in total. The zero-order valence-electron chi connectivity index (χ0n) is 11.7. The fraction of sp³-hybridized carbons (Fsp3) is 0.562. The number of urea groups is 1. The van der Waals surface area contributed by atoms with E-state index in [-0.39, 0.29) is 6.03 Å². The van der Waals surface area contributed by atoms with Crippen molar-refractivity contribution < 1.29 is 4.79 Å². The van der Waals surface area contributed by atoms with E-state index >= 15 is 0 Å². The third-order valence-electron chi connectivity index (χ3n) is 3.92. The van der Waals surface area contributed by atoms with Gasteiger partial charge in [-0.15, -0.1) is 0 Å². The Hall–Kier alpha value is -1.51. The molecule has 0 aromatic heterocycles. The Kier molecular flexibility index (Phi) is 5.25. The van der Waals surface area contributed by atoms with E-state index in [1.165, 1.54) is 37.7 Å². The highest BCUT2D eigenvalue weighted by atomic mass is 16.2. The molecular weight excluding hydrogens is 236 g/mol. The molecule has 0 radical (unpaired) electrons. The minimum absolute atomic E-state index is 0.0773. The van der Waals surface area contributed by atoms with Gasteiger partial charge in [-0.1, -0.05) is 44.4 Å². The Morgan fingerprint density at radius 2 is 1.95 bits per heavy atom. The number of benzene rings is 1. The number of amides is 2. The van der Waals surface area contributed by atoms with Crippen LogP contribution in [-0.2, 0) is 6.42 Å². The predicted molar refractivity (Wildman–Crippen MR) is 79.4 cm³/mol. The SMILES string of the molecule is CCc1ccccc1NC(=O)NCC1CCCCC1. The molecule has 1 aliphatic carbocycles. The van der Waals surface area contributed by atoms with E-state index in [1.807, 2.05) is 18.2 Å². The van der Waals surface area contributed by atoms with Gasteiger partial charge in [-0.2, -0.15) is 0 Å². The van der Waals surface area contributed by atoms with Gasteiger partial charge in [0.25, 0.3) is 0 Å². The molecule has 0 bridgehead atoms. The van der Waals surface area contributed by atoms with Crippen LogP contribution in [0, 0.1) is 5.92 Å². The molecule has 0 aliphatic heterocycles. The van der Waals surface area contributed by atoms with E-state index in [9.17, 15) is 4.79 Å². The summed E-state index contributed by atoms with van der Waals surface area (Å²) in [6, 6.07) is 7.89. The summed E-state index contributed by atoms with van der Waals surface area (Å²) >= 11 is 0. The molecule has 1 aromatic rings. The maximum atomic E-state index is 11.9.